The lowest BCUT2D eigenvalue weighted by molar-refractivity contribution is 0.593. The van der Waals surface area contributed by atoms with E-state index >= 15 is 0 Å². The van der Waals surface area contributed by atoms with Gasteiger partial charge < -0.3 is 5.73 Å². The lowest BCUT2D eigenvalue weighted by Gasteiger charge is -2.10. The summed E-state index contributed by atoms with van der Waals surface area (Å²) in [4.78, 5) is 3.68. The smallest absolute Gasteiger partial charge is 0.146 e. The Labute approximate surface area is 85.2 Å². The van der Waals surface area contributed by atoms with E-state index < -0.39 is 6.04 Å². The van der Waals surface area contributed by atoms with Crippen molar-refractivity contribution in [2.24, 2.45) is 5.73 Å². The molecule has 0 amide bonds. The second kappa shape index (κ2) is 3.86. The molecule has 0 bridgehead atoms. The molecule has 0 radical (unpaired) electrons. The molecule has 0 aromatic carbocycles. The minimum Gasteiger partial charge on any atom is -0.320 e. The van der Waals surface area contributed by atoms with E-state index in [-0.39, 0.29) is 5.82 Å². The van der Waals surface area contributed by atoms with Crippen molar-refractivity contribution in [3.05, 3.63) is 52.2 Å². The highest BCUT2D eigenvalue weighted by atomic mass is 32.1. The maximum atomic E-state index is 13.3. The number of hydrogen-bond acceptors (Lipinski definition) is 3. The third-order valence-corrected chi connectivity index (χ3v) is 2.74. The largest absolute Gasteiger partial charge is 0.320 e. The highest BCUT2D eigenvalue weighted by molar-refractivity contribution is 7.08. The summed E-state index contributed by atoms with van der Waals surface area (Å²) in [5.41, 5.74) is 7.32. The van der Waals surface area contributed by atoms with E-state index in [9.17, 15) is 4.39 Å². The minimum absolute atomic E-state index is 0.355. The lowest BCUT2D eigenvalue weighted by atomic mass is 10.0. The van der Waals surface area contributed by atoms with E-state index in [1.807, 2.05) is 16.8 Å². The van der Waals surface area contributed by atoms with Crippen molar-refractivity contribution in [2.45, 2.75) is 6.04 Å². The summed E-state index contributed by atoms with van der Waals surface area (Å²) >= 11 is 1.55. The summed E-state index contributed by atoms with van der Waals surface area (Å²) in [5.74, 6) is -0.355. The highest BCUT2D eigenvalue weighted by Crippen LogP contribution is 2.22. The van der Waals surface area contributed by atoms with Crippen molar-refractivity contribution < 1.29 is 4.39 Å². The monoisotopic (exact) mass is 208 g/mol. The fraction of sp³-hybridized carbons (Fsp3) is 0.100. The number of halogens is 1. The van der Waals surface area contributed by atoms with E-state index in [1.165, 1.54) is 6.20 Å². The SMILES string of the molecule is NC(c1ccsc1)c1ccncc1F. The molecule has 0 aliphatic rings. The van der Waals surface area contributed by atoms with E-state index in [0.29, 0.717) is 5.56 Å². The maximum absolute atomic E-state index is 13.3. The van der Waals surface area contributed by atoms with Gasteiger partial charge in [-0.3, -0.25) is 4.98 Å². The molecule has 2 N–H and O–H groups in total. The van der Waals surface area contributed by atoms with Crippen LogP contribution >= 0.6 is 11.3 Å². The third kappa shape index (κ3) is 1.66. The molecule has 0 fully saturated rings. The normalized spacial score (nSPS) is 12.7. The third-order valence-electron chi connectivity index (χ3n) is 2.04. The molecule has 2 rings (SSSR count). The molecule has 0 spiro atoms. The van der Waals surface area contributed by atoms with Crippen LogP contribution in [0.25, 0.3) is 0 Å². The van der Waals surface area contributed by atoms with Crippen LogP contribution in [0.4, 0.5) is 4.39 Å². The van der Waals surface area contributed by atoms with Gasteiger partial charge in [0.05, 0.1) is 12.2 Å². The number of hydrogen-bond donors (Lipinski definition) is 1. The van der Waals surface area contributed by atoms with Gasteiger partial charge in [-0.1, -0.05) is 0 Å². The lowest BCUT2D eigenvalue weighted by Crippen LogP contribution is -2.12. The predicted octanol–water partition coefficient (Wildman–Crippen LogP) is 2.33. The van der Waals surface area contributed by atoms with Crippen LogP contribution in [0.5, 0.6) is 0 Å². The Morgan fingerprint density at radius 1 is 1.43 bits per heavy atom. The molecular formula is C10H9FN2S. The van der Waals surface area contributed by atoms with Crippen LogP contribution in [-0.4, -0.2) is 4.98 Å². The molecule has 0 aliphatic heterocycles. The first kappa shape index (κ1) is 9.30. The molecule has 2 aromatic heterocycles. The fourth-order valence-electron chi connectivity index (χ4n) is 1.27. The van der Waals surface area contributed by atoms with Gasteiger partial charge in [-0.2, -0.15) is 11.3 Å². The number of nitrogens with zero attached hydrogens (tertiary/aromatic N) is 1. The van der Waals surface area contributed by atoms with Gasteiger partial charge in [-0.25, -0.2) is 4.39 Å². The quantitative estimate of drug-likeness (QED) is 0.822. The Kier molecular flexibility index (Phi) is 2.56. The van der Waals surface area contributed by atoms with Gasteiger partial charge in [0.25, 0.3) is 0 Å². The molecule has 2 nitrogen and oxygen atoms in total. The zero-order valence-corrected chi connectivity index (χ0v) is 8.17. The number of nitrogens with two attached hydrogens (primary N) is 1. The molecule has 2 aromatic rings. The van der Waals surface area contributed by atoms with E-state index in [2.05, 4.69) is 4.98 Å². The number of pyridine rings is 1. The van der Waals surface area contributed by atoms with Gasteiger partial charge >= 0.3 is 0 Å². The molecule has 0 saturated carbocycles. The molecule has 14 heavy (non-hydrogen) atoms. The molecule has 2 heterocycles. The van der Waals surface area contributed by atoms with Crippen LogP contribution in [0.2, 0.25) is 0 Å². The van der Waals surface area contributed by atoms with Gasteiger partial charge in [0.1, 0.15) is 5.82 Å². The standard InChI is InChI=1S/C10H9FN2S/c11-9-5-13-3-1-8(9)10(12)7-2-4-14-6-7/h1-6,10H,12H2. The van der Waals surface area contributed by atoms with Crippen LogP contribution in [0.3, 0.4) is 0 Å². The summed E-state index contributed by atoms with van der Waals surface area (Å²) in [6, 6.07) is 3.11. The zero-order valence-electron chi connectivity index (χ0n) is 7.35. The summed E-state index contributed by atoms with van der Waals surface area (Å²) in [6.45, 7) is 0. The molecule has 1 atom stereocenters. The van der Waals surface area contributed by atoms with Gasteiger partial charge in [-0.05, 0) is 28.5 Å². The van der Waals surface area contributed by atoms with Crippen molar-refractivity contribution in [3.63, 3.8) is 0 Å². The fourth-order valence-corrected chi connectivity index (χ4v) is 1.97. The Bertz CT molecular complexity index is 414. The van der Waals surface area contributed by atoms with Crippen LogP contribution in [0.1, 0.15) is 17.2 Å². The van der Waals surface area contributed by atoms with Gasteiger partial charge in [0, 0.05) is 11.8 Å². The second-order valence-electron chi connectivity index (χ2n) is 2.93. The summed E-state index contributed by atoms with van der Waals surface area (Å²) in [7, 11) is 0. The number of rotatable bonds is 2. The van der Waals surface area contributed by atoms with Crippen molar-refractivity contribution in [2.75, 3.05) is 0 Å². The molecule has 72 valence electrons. The average molecular weight is 208 g/mol. The molecule has 0 saturated heterocycles. The summed E-state index contributed by atoms with van der Waals surface area (Å²) < 4.78 is 13.3. The first-order valence-corrected chi connectivity index (χ1v) is 5.10. The van der Waals surface area contributed by atoms with Crippen molar-refractivity contribution in [3.8, 4) is 0 Å². The summed E-state index contributed by atoms with van der Waals surface area (Å²) in [5, 5.41) is 3.85. The Hall–Kier alpha value is -1.26. The van der Waals surface area contributed by atoms with E-state index in [4.69, 9.17) is 5.73 Å². The Morgan fingerprint density at radius 3 is 2.93 bits per heavy atom. The van der Waals surface area contributed by atoms with Crippen molar-refractivity contribution >= 4 is 11.3 Å². The van der Waals surface area contributed by atoms with Gasteiger partial charge in [0.15, 0.2) is 0 Å². The van der Waals surface area contributed by atoms with Crippen molar-refractivity contribution in [1.82, 2.24) is 4.98 Å². The zero-order chi connectivity index (χ0) is 9.97. The number of thiophene rings is 1. The maximum Gasteiger partial charge on any atom is 0.146 e. The van der Waals surface area contributed by atoms with Gasteiger partial charge in [0.2, 0.25) is 0 Å². The Morgan fingerprint density at radius 2 is 2.29 bits per heavy atom. The van der Waals surface area contributed by atoms with E-state index in [1.54, 1.807) is 23.6 Å². The average Bonchev–Trinajstić information content (AvgIpc) is 2.70. The molecule has 0 aliphatic carbocycles. The van der Waals surface area contributed by atoms with E-state index in [0.717, 1.165) is 5.56 Å². The molecule has 1 unspecified atom stereocenters. The summed E-state index contributed by atoms with van der Waals surface area (Å²) in [6.07, 6.45) is 2.73. The second-order valence-corrected chi connectivity index (χ2v) is 3.71. The van der Waals surface area contributed by atoms with Crippen LogP contribution in [-0.2, 0) is 0 Å². The van der Waals surface area contributed by atoms with Crippen LogP contribution in [0, 0.1) is 5.82 Å². The number of aromatic nitrogens is 1. The van der Waals surface area contributed by atoms with Crippen LogP contribution < -0.4 is 5.73 Å². The first-order chi connectivity index (χ1) is 6.79. The highest BCUT2D eigenvalue weighted by Gasteiger charge is 2.13. The topological polar surface area (TPSA) is 38.9 Å². The first-order valence-electron chi connectivity index (χ1n) is 4.16. The van der Waals surface area contributed by atoms with Gasteiger partial charge in [-0.15, -0.1) is 0 Å². The minimum atomic E-state index is -0.399. The van der Waals surface area contributed by atoms with Crippen LogP contribution in [0.15, 0.2) is 35.3 Å². The Balaban J connectivity index is 2.37. The molecular weight excluding hydrogens is 199 g/mol. The predicted molar refractivity (Wildman–Crippen MR) is 54.5 cm³/mol. The van der Waals surface area contributed by atoms with Crippen molar-refractivity contribution in [1.29, 1.82) is 0 Å². The molecule has 4 heteroatoms.